The number of nitrogens with one attached hydrogen (secondary N) is 2. The molecular weight excluding hydrogens is 582 g/mol. The lowest BCUT2D eigenvalue weighted by atomic mass is 10.0. The van der Waals surface area contributed by atoms with E-state index >= 15 is 0 Å². The maximum absolute atomic E-state index is 13.3. The number of hydrazine groups is 1. The lowest BCUT2D eigenvalue weighted by Crippen LogP contribution is -2.53. The Hall–Kier alpha value is -4.29. The summed E-state index contributed by atoms with van der Waals surface area (Å²) in [5.74, 6) is -0.833. The molecule has 0 saturated carbocycles. The Bertz CT molecular complexity index is 1350. The topological polar surface area (TPSA) is 130 Å². The second-order valence-corrected chi connectivity index (χ2v) is 12.0. The van der Waals surface area contributed by atoms with Crippen LogP contribution in [0.15, 0.2) is 66.0 Å². The van der Waals surface area contributed by atoms with Crippen LogP contribution in [0.3, 0.4) is 0 Å². The van der Waals surface area contributed by atoms with Gasteiger partial charge < -0.3 is 10.1 Å². The average Bonchev–Trinajstić information content (AvgIpc) is 3.50. The van der Waals surface area contributed by atoms with Crippen LogP contribution in [0, 0.1) is 11.8 Å². The minimum absolute atomic E-state index is 0.0604. The summed E-state index contributed by atoms with van der Waals surface area (Å²) < 4.78 is 5.29. The van der Waals surface area contributed by atoms with Crippen molar-refractivity contribution in [1.29, 1.82) is 0 Å². The first-order chi connectivity index (χ1) is 21.1. The van der Waals surface area contributed by atoms with E-state index in [1.54, 1.807) is 5.38 Å². The van der Waals surface area contributed by atoms with E-state index in [0.717, 1.165) is 27.5 Å². The van der Waals surface area contributed by atoms with Gasteiger partial charge in [0.15, 0.2) is 5.01 Å². The summed E-state index contributed by atoms with van der Waals surface area (Å²) >= 11 is 1.09. The molecule has 236 valence electrons. The first kappa shape index (κ1) is 34.2. The highest BCUT2D eigenvalue weighted by molar-refractivity contribution is 7.11. The van der Waals surface area contributed by atoms with Crippen LogP contribution in [0.5, 0.6) is 0 Å². The number of carbonyl (C=O) groups excluding carboxylic acids is 4. The number of ether oxygens (including phenoxy) is 1. The summed E-state index contributed by atoms with van der Waals surface area (Å²) in [4.78, 5) is 61.2. The Balaban J connectivity index is 1.64. The zero-order chi connectivity index (χ0) is 32.1. The van der Waals surface area contributed by atoms with E-state index in [1.807, 2.05) is 88.4 Å². The molecule has 0 saturated heterocycles. The fourth-order valence-electron chi connectivity index (χ4n) is 4.35. The number of carbonyl (C=O) groups is 4. The van der Waals surface area contributed by atoms with Gasteiger partial charge in [-0.25, -0.2) is 14.8 Å². The smallest absolute Gasteiger partial charge is 0.408 e. The van der Waals surface area contributed by atoms with Crippen molar-refractivity contribution in [2.45, 2.75) is 65.8 Å². The molecular formula is C32H41N5O6S. The van der Waals surface area contributed by atoms with Crippen molar-refractivity contribution < 1.29 is 28.8 Å². The summed E-state index contributed by atoms with van der Waals surface area (Å²) in [5, 5.41) is 6.72. The molecule has 2 N–H and O–H groups in total. The maximum atomic E-state index is 13.3. The van der Waals surface area contributed by atoms with E-state index in [0.29, 0.717) is 24.9 Å². The number of aromatic nitrogens is 1. The molecule has 0 fully saturated rings. The second kappa shape index (κ2) is 17.1. The summed E-state index contributed by atoms with van der Waals surface area (Å²) in [5.41, 5.74) is 4.78. The number of alkyl carbamates (subject to hydrolysis) is 1. The van der Waals surface area contributed by atoms with Gasteiger partial charge >= 0.3 is 6.09 Å². The minimum Gasteiger partial charge on any atom is -0.445 e. The molecule has 1 aromatic heterocycles. The first-order valence-electron chi connectivity index (χ1n) is 14.5. The molecule has 0 spiro atoms. The minimum atomic E-state index is -0.922. The fourth-order valence-corrected chi connectivity index (χ4v) is 5.10. The zero-order valence-corrected chi connectivity index (χ0v) is 26.6. The van der Waals surface area contributed by atoms with E-state index in [1.165, 1.54) is 12.1 Å². The van der Waals surface area contributed by atoms with E-state index in [-0.39, 0.29) is 30.1 Å². The number of hydrogen-bond donors (Lipinski definition) is 2. The molecule has 2 aromatic carbocycles. The quantitative estimate of drug-likeness (QED) is 0.174. The summed E-state index contributed by atoms with van der Waals surface area (Å²) in [6.45, 7) is 8.15. The van der Waals surface area contributed by atoms with Crippen LogP contribution in [0.2, 0.25) is 0 Å². The van der Waals surface area contributed by atoms with Crippen molar-refractivity contribution in [3.8, 4) is 0 Å². The van der Waals surface area contributed by atoms with Gasteiger partial charge in [-0.1, -0.05) is 88.4 Å². The van der Waals surface area contributed by atoms with Gasteiger partial charge in [0.25, 0.3) is 11.8 Å². The third kappa shape index (κ3) is 10.8. The SMILES string of the molecule is CC(C)CC(c1csc(C(=O)NN(C)C(=O)[C@H](CC(C)C)NC(=O)OCc2ccccc2)n1)N(C=O)OCc1ccccc1. The molecule has 1 heterocycles. The van der Waals surface area contributed by atoms with Gasteiger partial charge in [-0.05, 0) is 35.8 Å². The number of benzene rings is 2. The van der Waals surface area contributed by atoms with Gasteiger partial charge in [0.05, 0.1) is 5.69 Å². The molecule has 44 heavy (non-hydrogen) atoms. The van der Waals surface area contributed by atoms with E-state index in [4.69, 9.17) is 9.57 Å². The van der Waals surface area contributed by atoms with E-state index in [2.05, 4.69) is 15.7 Å². The maximum Gasteiger partial charge on any atom is 0.408 e. The highest BCUT2D eigenvalue weighted by atomic mass is 32.1. The first-order valence-corrected chi connectivity index (χ1v) is 15.4. The lowest BCUT2D eigenvalue weighted by Gasteiger charge is -2.27. The normalized spacial score (nSPS) is 12.3. The predicted octanol–water partition coefficient (Wildman–Crippen LogP) is 5.26. The Kier molecular flexibility index (Phi) is 13.3. The standard InChI is InChI=1S/C32H41N5O6S/c1-22(2)16-26(34-32(41)42-18-24-12-8-6-9-13-24)31(40)36(5)35-29(39)30-33-27(20-44-30)28(17-23(3)4)37(21-38)43-19-25-14-10-7-11-15-25/h6-15,20-23,26,28H,16-19H2,1-5H3,(H,34,41)(H,35,39)/t26-,28?/m0/s1. The third-order valence-electron chi connectivity index (χ3n) is 6.50. The molecule has 1 unspecified atom stereocenters. The Morgan fingerprint density at radius 2 is 1.50 bits per heavy atom. The highest BCUT2D eigenvalue weighted by Crippen LogP contribution is 2.29. The van der Waals surface area contributed by atoms with Gasteiger partial charge in [0.1, 0.15) is 25.3 Å². The molecule has 0 bridgehead atoms. The Morgan fingerprint density at radius 1 is 0.909 bits per heavy atom. The van der Waals surface area contributed by atoms with Crippen LogP contribution in [0.4, 0.5) is 4.79 Å². The van der Waals surface area contributed by atoms with Crippen LogP contribution in [0.1, 0.15) is 73.2 Å². The number of thiazole rings is 1. The number of likely N-dealkylation sites (N-methyl/N-ethyl adjacent to an activating group) is 1. The van der Waals surface area contributed by atoms with Gasteiger partial charge in [-0.3, -0.25) is 29.7 Å². The van der Waals surface area contributed by atoms with E-state index < -0.39 is 30.0 Å². The summed E-state index contributed by atoms with van der Waals surface area (Å²) in [6.07, 6.45) is 0.776. The van der Waals surface area contributed by atoms with Crippen LogP contribution in [-0.2, 0) is 32.4 Å². The van der Waals surface area contributed by atoms with Crippen LogP contribution in [-0.4, -0.2) is 52.5 Å². The molecule has 2 atom stereocenters. The molecule has 0 aliphatic heterocycles. The van der Waals surface area contributed by atoms with Crippen LogP contribution < -0.4 is 10.7 Å². The van der Waals surface area contributed by atoms with Crippen molar-refractivity contribution >= 4 is 35.7 Å². The van der Waals surface area contributed by atoms with E-state index in [9.17, 15) is 19.2 Å². The fraction of sp³-hybridized carbons (Fsp3) is 0.406. The number of hydrogen-bond acceptors (Lipinski definition) is 8. The molecule has 3 aromatic rings. The van der Waals surface area contributed by atoms with Crippen molar-refractivity contribution in [1.82, 2.24) is 25.8 Å². The molecule has 0 radical (unpaired) electrons. The number of hydroxylamine groups is 2. The van der Waals surface area contributed by atoms with Gasteiger partial charge in [-0.2, -0.15) is 0 Å². The number of rotatable bonds is 15. The summed E-state index contributed by atoms with van der Waals surface area (Å²) in [7, 11) is 1.41. The molecule has 4 amide bonds. The third-order valence-corrected chi connectivity index (χ3v) is 7.36. The van der Waals surface area contributed by atoms with Gasteiger partial charge in [0.2, 0.25) is 6.41 Å². The average molecular weight is 624 g/mol. The largest absolute Gasteiger partial charge is 0.445 e. The molecule has 0 aliphatic rings. The zero-order valence-electron chi connectivity index (χ0n) is 25.8. The van der Waals surface area contributed by atoms with Crippen molar-refractivity contribution in [2.24, 2.45) is 11.8 Å². The Morgan fingerprint density at radius 3 is 2.07 bits per heavy atom. The molecule has 0 aliphatic carbocycles. The van der Waals surface area contributed by atoms with Crippen molar-refractivity contribution in [3.05, 3.63) is 87.9 Å². The molecule has 12 heteroatoms. The predicted molar refractivity (Wildman–Crippen MR) is 167 cm³/mol. The highest BCUT2D eigenvalue weighted by Gasteiger charge is 2.29. The summed E-state index contributed by atoms with van der Waals surface area (Å²) in [6, 6.07) is 17.2. The van der Waals surface area contributed by atoms with Crippen molar-refractivity contribution in [3.63, 3.8) is 0 Å². The molecule has 3 rings (SSSR count). The van der Waals surface area contributed by atoms with Gasteiger partial charge in [-0.15, -0.1) is 11.3 Å². The number of nitrogens with zero attached hydrogens (tertiary/aromatic N) is 3. The number of amides is 4. The monoisotopic (exact) mass is 623 g/mol. The second-order valence-electron chi connectivity index (χ2n) is 11.2. The van der Waals surface area contributed by atoms with Gasteiger partial charge in [0, 0.05) is 12.4 Å². The van der Waals surface area contributed by atoms with Crippen LogP contribution in [0.25, 0.3) is 0 Å². The van der Waals surface area contributed by atoms with Crippen molar-refractivity contribution in [2.75, 3.05) is 7.05 Å². The lowest BCUT2D eigenvalue weighted by molar-refractivity contribution is -0.196. The Labute approximate surface area is 262 Å². The molecule has 11 nitrogen and oxygen atoms in total. The van der Waals surface area contributed by atoms with Crippen LogP contribution >= 0.6 is 11.3 Å².